The number of amides is 5. The number of anilines is 1. The Kier molecular flexibility index (Phi) is 7.16. The number of carbonyl (C=O) groups is 4. The van der Waals surface area contributed by atoms with Gasteiger partial charge in [0.05, 0.1) is 18.7 Å². The average molecular weight is 517 g/mol. The molecule has 0 radical (unpaired) electrons. The van der Waals surface area contributed by atoms with Crippen molar-refractivity contribution in [2.24, 2.45) is 0 Å². The Hall–Kier alpha value is -3.66. The minimum Gasteiger partial charge on any atom is -0.495 e. The second-order valence-electron chi connectivity index (χ2n) is 9.04. The molecular weight excluding hydrogens is 491 g/mol. The minimum absolute atomic E-state index is 0.0382. The molecule has 4 rings (SSSR count). The normalized spacial score (nSPS) is 17.2. The van der Waals surface area contributed by atoms with E-state index in [1.54, 1.807) is 12.1 Å². The lowest BCUT2D eigenvalue weighted by Gasteiger charge is -2.29. The number of rotatable bonds is 6. The zero-order chi connectivity index (χ0) is 26.1. The van der Waals surface area contributed by atoms with E-state index < -0.39 is 35.6 Å². The third-order valence-corrected chi connectivity index (χ3v) is 6.60. The fraction of sp³-hybridized carbons (Fsp3) is 0.360. The second kappa shape index (κ2) is 10.1. The van der Waals surface area contributed by atoms with Gasteiger partial charge >= 0.3 is 6.03 Å². The number of halogens is 2. The molecule has 2 aromatic rings. The molecule has 1 saturated heterocycles. The number of nitrogens with one attached hydrogen (secondary N) is 3. The second-order valence-corrected chi connectivity index (χ2v) is 9.45. The molecule has 5 amide bonds. The van der Waals surface area contributed by atoms with Crippen LogP contribution in [-0.4, -0.2) is 41.8 Å². The summed E-state index contributed by atoms with van der Waals surface area (Å²) in [5.74, 6) is -1.55. The lowest BCUT2D eigenvalue weighted by molar-refractivity contribution is -0.136. The molecule has 3 N–H and O–H groups in total. The number of imide groups is 1. The number of piperidine rings is 1. The van der Waals surface area contributed by atoms with Gasteiger partial charge in [-0.25, -0.2) is 9.18 Å². The van der Waals surface area contributed by atoms with Crippen molar-refractivity contribution in [2.45, 2.75) is 51.7 Å². The summed E-state index contributed by atoms with van der Waals surface area (Å²) in [6.45, 7) is 3.83. The maximum absolute atomic E-state index is 14.9. The third kappa shape index (κ3) is 4.99. The van der Waals surface area contributed by atoms with E-state index >= 15 is 0 Å². The lowest BCUT2D eigenvalue weighted by atomic mass is 10.0. The highest BCUT2D eigenvalue weighted by Gasteiger charge is 2.40. The number of hydrogen-bond donors (Lipinski definition) is 3. The van der Waals surface area contributed by atoms with Crippen LogP contribution in [0.25, 0.3) is 0 Å². The van der Waals surface area contributed by atoms with E-state index in [0.29, 0.717) is 22.0 Å². The van der Waals surface area contributed by atoms with Gasteiger partial charge in [-0.3, -0.25) is 19.7 Å². The van der Waals surface area contributed by atoms with Crippen LogP contribution >= 0.6 is 11.6 Å². The van der Waals surface area contributed by atoms with Crippen LogP contribution in [0.3, 0.4) is 0 Å². The van der Waals surface area contributed by atoms with E-state index in [2.05, 4.69) is 16.0 Å². The van der Waals surface area contributed by atoms with Crippen LogP contribution in [0.5, 0.6) is 5.75 Å². The van der Waals surface area contributed by atoms with Gasteiger partial charge < -0.3 is 20.3 Å². The Morgan fingerprint density at radius 2 is 2.00 bits per heavy atom. The Labute approximate surface area is 212 Å². The molecule has 2 heterocycles. The van der Waals surface area contributed by atoms with E-state index in [9.17, 15) is 23.6 Å². The van der Waals surface area contributed by atoms with Crippen LogP contribution in [0.15, 0.2) is 24.3 Å². The monoisotopic (exact) mass is 516 g/mol. The molecule has 1 fully saturated rings. The molecule has 11 heteroatoms. The SMILES string of the molecule is COc1cc(NC(=O)NCc2cc(F)c3c(c2)C(=O)N(C2CCC(=O)NC2=O)C3)c(C(C)C)cc1Cl. The Balaban J connectivity index is 1.46. The topological polar surface area (TPSA) is 117 Å². The van der Waals surface area contributed by atoms with Gasteiger partial charge in [0.1, 0.15) is 17.6 Å². The van der Waals surface area contributed by atoms with Crippen molar-refractivity contribution in [3.63, 3.8) is 0 Å². The van der Waals surface area contributed by atoms with Gasteiger partial charge in [-0.05, 0) is 41.7 Å². The first-order valence-electron chi connectivity index (χ1n) is 11.5. The molecule has 36 heavy (non-hydrogen) atoms. The maximum atomic E-state index is 14.9. The summed E-state index contributed by atoms with van der Waals surface area (Å²) in [6, 6.07) is 4.77. The number of ether oxygens (including phenoxy) is 1. The van der Waals surface area contributed by atoms with E-state index in [1.807, 2.05) is 13.8 Å². The van der Waals surface area contributed by atoms with Crippen molar-refractivity contribution in [3.8, 4) is 5.75 Å². The number of hydrogen-bond acceptors (Lipinski definition) is 5. The number of carbonyl (C=O) groups excluding carboxylic acids is 4. The molecule has 190 valence electrons. The molecule has 2 aliphatic rings. The van der Waals surface area contributed by atoms with Crippen molar-refractivity contribution in [1.29, 1.82) is 0 Å². The van der Waals surface area contributed by atoms with Crippen LogP contribution in [-0.2, 0) is 22.7 Å². The average Bonchev–Trinajstić information content (AvgIpc) is 3.15. The van der Waals surface area contributed by atoms with E-state index in [4.69, 9.17) is 16.3 Å². The maximum Gasteiger partial charge on any atom is 0.319 e. The number of benzene rings is 2. The first-order valence-corrected chi connectivity index (χ1v) is 11.8. The van der Waals surface area contributed by atoms with Gasteiger partial charge in [-0.2, -0.15) is 0 Å². The van der Waals surface area contributed by atoms with E-state index in [0.717, 1.165) is 5.56 Å². The fourth-order valence-electron chi connectivity index (χ4n) is 4.43. The van der Waals surface area contributed by atoms with Crippen LogP contribution < -0.4 is 20.7 Å². The van der Waals surface area contributed by atoms with Crippen molar-refractivity contribution < 1.29 is 28.3 Å². The first kappa shape index (κ1) is 25.4. The lowest BCUT2D eigenvalue weighted by Crippen LogP contribution is -2.52. The standard InChI is InChI=1S/C25H26ClFN4O5/c1-12(2)14-8-17(26)21(36-3)9-19(14)29-25(35)28-10-13-6-15-16(18(27)7-13)11-31(24(15)34)20-4-5-22(32)30-23(20)33/h6-9,12,20H,4-5,10-11H2,1-3H3,(H2,28,29,35)(H,30,32,33). The predicted octanol–water partition coefficient (Wildman–Crippen LogP) is 3.69. The summed E-state index contributed by atoms with van der Waals surface area (Å²) in [7, 11) is 1.48. The zero-order valence-electron chi connectivity index (χ0n) is 20.0. The predicted molar refractivity (Wildman–Crippen MR) is 130 cm³/mol. The highest BCUT2D eigenvalue weighted by atomic mass is 35.5. The van der Waals surface area contributed by atoms with Gasteiger partial charge in [0.2, 0.25) is 11.8 Å². The molecule has 1 atom stereocenters. The van der Waals surface area contributed by atoms with Crippen LogP contribution in [0.1, 0.15) is 59.7 Å². The number of fused-ring (bicyclic) bond motifs is 1. The molecule has 0 saturated carbocycles. The van der Waals surface area contributed by atoms with Gasteiger partial charge in [0, 0.05) is 35.8 Å². The van der Waals surface area contributed by atoms with Gasteiger partial charge in [0.25, 0.3) is 5.91 Å². The molecule has 1 unspecified atom stereocenters. The zero-order valence-corrected chi connectivity index (χ0v) is 20.8. The summed E-state index contributed by atoms with van der Waals surface area (Å²) in [6.07, 6.45) is 0.301. The van der Waals surface area contributed by atoms with Crippen LogP contribution in [0, 0.1) is 5.82 Å². The Morgan fingerprint density at radius 1 is 1.25 bits per heavy atom. The molecule has 0 spiro atoms. The quantitative estimate of drug-likeness (QED) is 0.506. The smallest absolute Gasteiger partial charge is 0.319 e. The molecule has 0 aliphatic carbocycles. The van der Waals surface area contributed by atoms with Crippen molar-refractivity contribution >= 4 is 41.0 Å². The molecule has 2 aromatic carbocycles. The molecule has 2 aliphatic heterocycles. The summed E-state index contributed by atoms with van der Waals surface area (Å²) >= 11 is 6.21. The highest BCUT2D eigenvalue weighted by molar-refractivity contribution is 6.32. The highest BCUT2D eigenvalue weighted by Crippen LogP contribution is 2.35. The van der Waals surface area contributed by atoms with E-state index in [1.165, 1.54) is 24.1 Å². The molecule has 0 bridgehead atoms. The van der Waals surface area contributed by atoms with Crippen LogP contribution in [0.4, 0.5) is 14.9 Å². The van der Waals surface area contributed by atoms with Crippen molar-refractivity contribution in [2.75, 3.05) is 12.4 Å². The fourth-order valence-corrected chi connectivity index (χ4v) is 4.68. The number of nitrogens with zero attached hydrogens (tertiary/aromatic N) is 1. The summed E-state index contributed by atoms with van der Waals surface area (Å²) in [5, 5.41) is 8.08. The van der Waals surface area contributed by atoms with Crippen molar-refractivity contribution in [1.82, 2.24) is 15.5 Å². The third-order valence-electron chi connectivity index (χ3n) is 6.31. The molecular formula is C25H26ClFN4O5. The number of methoxy groups -OCH3 is 1. The Morgan fingerprint density at radius 3 is 2.67 bits per heavy atom. The van der Waals surface area contributed by atoms with Crippen LogP contribution in [0.2, 0.25) is 5.02 Å². The van der Waals surface area contributed by atoms with E-state index in [-0.39, 0.29) is 43.0 Å². The summed E-state index contributed by atoms with van der Waals surface area (Å²) < 4.78 is 20.1. The summed E-state index contributed by atoms with van der Waals surface area (Å²) in [4.78, 5) is 50.5. The van der Waals surface area contributed by atoms with Crippen molar-refractivity contribution in [3.05, 3.63) is 57.4 Å². The largest absolute Gasteiger partial charge is 0.495 e. The van der Waals surface area contributed by atoms with Gasteiger partial charge in [-0.15, -0.1) is 0 Å². The minimum atomic E-state index is -0.833. The van der Waals surface area contributed by atoms with Gasteiger partial charge in [0.15, 0.2) is 0 Å². The molecule has 0 aromatic heterocycles. The molecule has 9 nitrogen and oxygen atoms in total. The first-order chi connectivity index (χ1) is 17.1. The summed E-state index contributed by atoms with van der Waals surface area (Å²) in [5.41, 5.74) is 2.06. The van der Waals surface area contributed by atoms with Gasteiger partial charge in [-0.1, -0.05) is 25.4 Å². The Bertz CT molecular complexity index is 1270. The number of urea groups is 1.